The Morgan fingerprint density at radius 3 is 2.52 bits per heavy atom. The van der Waals surface area contributed by atoms with Gasteiger partial charge in [-0.1, -0.05) is 36.4 Å². The fraction of sp³-hybridized carbons (Fsp3) is 0.160. The predicted octanol–water partition coefficient (Wildman–Crippen LogP) is 4.88. The van der Waals surface area contributed by atoms with E-state index in [9.17, 15) is 4.79 Å². The van der Waals surface area contributed by atoms with Crippen molar-refractivity contribution in [3.8, 4) is 17.2 Å². The molecule has 0 bridgehead atoms. The summed E-state index contributed by atoms with van der Waals surface area (Å²) in [5, 5.41) is 3.87. The third-order valence-electron chi connectivity index (χ3n) is 5.01. The highest BCUT2D eigenvalue weighted by atomic mass is 16.5. The monoisotopic (exact) mass is 416 g/mol. The summed E-state index contributed by atoms with van der Waals surface area (Å²) in [6.07, 6.45) is 1.89. The molecule has 1 N–H and O–H groups in total. The number of amides is 1. The molecule has 0 saturated carbocycles. The maximum atomic E-state index is 12.7. The predicted molar refractivity (Wildman–Crippen MR) is 121 cm³/mol. The minimum Gasteiger partial charge on any atom is -0.497 e. The van der Waals surface area contributed by atoms with Gasteiger partial charge in [0.15, 0.2) is 0 Å². The zero-order valence-corrected chi connectivity index (χ0v) is 17.5. The molecule has 0 aliphatic carbocycles. The molecule has 4 rings (SSSR count). The van der Waals surface area contributed by atoms with Gasteiger partial charge in [0.1, 0.15) is 30.4 Å². The number of rotatable bonds is 8. The first-order chi connectivity index (χ1) is 15.2. The van der Waals surface area contributed by atoms with E-state index in [1.807, 2.05) is 65.4 Å². The van der Waals surface area contributed by atoms with Gasteiger partial charge in [-0.15, -0.1) is 0 Å². The Balaban J connectivity index is 1.48. The quantitative estimate of drug-likeness (QED) is 0.445. The SMILES string of the molecule is COc1ccc(NC(=O)Cn2ccc3c(OCc4ccccc4)cccc32)c(OC)c1. The molecule has 0 aliphatic heterocycles. The first kappa shape index (κ1) is 20.3. The molecule has 4 aromatic rings. The van der Waals surface area contributed by atoms with Crippen molar-refractivity contribution in [2.24, 2.45) is 0 Å². The second-order valence-electron chi connectivity index (χ2n) is 7.02. The van der Waals surface area contributed by atoms with Crippen molar-refractivity contribution >= 4 is 22.5 Å². The number of nitrogens with one attached hydrogen (secondary N) is 1. The molecular formula is C25H24N2O4. The zero-order chi connectivity index (χ0) is 21.6. The zero-order valence-electron chi connectivity index (χ0n) is 17.5. The molecule has 0 spiro atoms. The van der Waals surface area contributed by atoms with Crippen LogP contribution in [0.2, 0.25) is 0 Å². The smallest absolute Gasteiger partial charge is 0.244 e. The topological polar surface area (TPSA) is 61.7 Å². The second kappa shape index (κ2) is 9.26. The van der Waals surface area contributed by atoms with E-state index in [0.29, 0.717) is 23.8 Å². The van der Waals surface area contributed by atoms with E-state index in [1.54, 1.807) is 32.4 Å². The van der Waals surface area contributed by atoms with Crippen LogP contribution in [-0.2, 0) is 17.9 Å². The van der Waals surface area contributed by atoms with Crippen molar-refractivity contribution in [3.05, 3.63) is 84.6 Å². The first-order valence-electron chi connectivity index (χ1n) is 9.94. The molecule has 0 saturated heterocycles. The molecule has 0 atom stereocenters. The average Bonchev–Trinajstić information content (AvgIpc) is 3.21. The summed E-state index contributed by atoms with van der Waals surface area (Å²) >= 11 is 0. The van der Waals surface area contributed by atoms with Crippen LogP contribution >= 0.6 is 0 Å². The van der Waals surface area contributed by atoms with Crippen LogP contribution in [0.5, 0.6) is 17.2 Å². The number of carbonyl (C=O) groups is 1. The van der Waals surface area contributed by atoms with Crippen LogP contribution in [0.1, 0.15) is 5.56 Å². The fourth-order valence-corrected chi connectivity index (χ4v) is 3.44. The normalized spacial score (nSPS) is 10.6. The lowest BCUT2D eigenvalue weighted by atomic mass is 10.2. The molecule has 0 radical (unpaired) electrons. The van der Waals surface area contributed by atoms with Gasteiger partial charge in [-0.25, -0.2) is 0 Å². The van der Waals surface area contributed by atoms with Crippen LogP contribution in [0, 0.1) is 0 Å². The Kier molecular flexibility index (Phi) is 6.08. The van der Waals surface area contributed by atoms with Crippen LogP contribution in [0.15, 0.2) is 79.0 Å². The number of ether oxygens (including phenoxy) is 3. The highest BCUT2D eigenvalue weighted by molar-refractivity contribution is 5.94. The Hall–Kier alpha value is -3.93. The van der Waals surface area contributed by atoms with Crippen molar-refractivity contribution in [2.45, 2.75) is 13.2 Å². The highest BCUT2D eigenvalue weighted by Gasteiger charge is 2.12. The molecule has 1 aromatic heterocycles. The Morgan fingerprint density at radius 2 is 1.74 bits per heavy atom. The van der Waals surface area contributed by atoms with Gasteiger partial charge in [-0.05, 0) is 35.9 Å². The fourth-order valence-electron chi connectivity index (χ4n) is 3.44. The summed E-state index contributed by atoms with van der Waals surface area (Å²) in [7, 11) is 3.14. The van der Waals surface area contributed by atoms with Crippen molar-refractivity contribution in [2.75, 3.05) is 19.5 Å². The maximum absolute atomic E-state index is 12.7. The van der Waals surface area contributed by atoms with Crippen molar-refractivity contribution in [1.29, 1.82) is 0 Å². The van der Waals surface area contributed by atoms with Gasteiger partial charge in [-0.2, -0.15) is 0 Å². The Morgan fingerprint density at radius 1 is 0.903 bits per heavy atom. The first-order valence-corrected chi connectivity index (χ1v) is 9.94. The van der Waals surface area contributed by atoms with E-state index in [0.717, 1.165) is 22.2 Å². The third-order valence-corrected chi connectivity index (χ3v) is 5.01. The molecule has 0 aliphatic rings. The number of benzene rings is 3. The summed E-state index contributed by atoms with van der Waals surface area (Å²) in [6, 6.07) is 23.1. The molecule has 1 amide bonds. The molecule has 1 heterocycles. The van der Waals surface area contributed by atoms with Gasteiger partial charge < -0.3 is 24.1 Å². The number of fused-ring (bicyclic) bond motifs is 1. The summed E-state index contributed by atoms with van der Waals surface area (Å²) < 4.78 is 18.5. The molecule has 158 valence electrons. The molecule has 0 unspecified atom stereocenters. The van der Waals surface area contributed by atoms with Gasteiger partial charge in [0.05, 0.1) is 25.4 Å². The van der Waals surface area contributed by atoms with Gasteiger partial charge in [0.2, 0.25) is 5.91 Å². The molecule has 6 nitrogen and oxygen atoms in total. The summed E-state index contributed by atoms with van der Waals surface area (Å²) in [5.41, 5.74) is 2.63. The minimum atomic E-state index is -0.156. The highest BCUT2D eigenvalue weighted by Crippen LogP contribution is 2.30. The third kappa shape index (κ3) is 4.64. The van der Waals surface area contributed by atoms with Crippen LogP contribution < -0.4 is 19.5 Å². The number of carbonyl (C=O) groups excluding carboxylic acids is 1. The lowest BCUT2D eigenvalue weighted by Crippen LogP contribution is -2.18. The number of hydrogen-bond acceptors (Lipinski definition) is 4. The largest absolute Gasteiger partial charge is 0.497 e. The molecule has 31 heavy (non-hydrogen) atoms. The van der Waals surface area contributed by atoms with Crippen LogP contribution in [0.3, 0.4) is 0 Å². The standard InChI is InChI=1S/C25H24N2O4/c1-29-19-11-12-21(24(15-19)30-2)26-25(28)16-27-14-13-20-22(27)9-6-10-23(20)31-17-18-7-4-3-5-8-18/h3-15H,16-17H2,1-2H3,(H,26,28). The molecule has 6 heteroatoms. The van der Waals surface area contributed by atoms with Crippen molar-refractivity contribution in [3.63, 3.8) is 0 Å². The van der Waals surface area contributed by atoms with Crippen molar-refractivity contribution in [1.82, 2.24) is 4.57 Å². The summed E-state index contributed by atoms with van der Waals surface area (Å²) in [6.45, 7) is 0.656. The van der Waals surface area contributed by atoms with Crippen LogP contribution in [0.25, 0.3) is 10.9 Å². The van der Waals surface area contributed by atoms with Gasteiger partial charge in [-0.3, -0.25) is 4.79 Å². The van der Waals surface area contributed by atoms with Crippen LogP contribution in [-0.4, -0.2) is 24.7 Å². The van der Waals surface area contributed by atoms with Crippen LogP contribution in [0.4, 0.5) is 5.69 Å². The van der Waals surface area contributed by atoms with E-state index >= 15 is 0 Å². The maximum Gasteiger partial charge on any atom is 0.244 e. The molecular weight excluding hydrogens is 392 g/mol. The minimum absolute atomic E-state index is 0.156. The van der Waals surface area contributed by atoms with E-state index in [1.165, 1.54) is 0 Å². The number of nitrogens with zero attached hydrogens (tertiary/aromatic N) is 1. The van der Waals surface area contributed by atoms with E-state index in [-0.39, 0.29) is 12.5 Å². The van der Waals surface area contributed by atoms with E-state index in [4.69, 9.17) is 14.2 Å². The Labute approximate surface area is 181 Å². The number of hydrogen-bond donors (Lipinski definition) is 1. The summed E-state index contributed by atoms with van der Waals surface area (Å²) in [5.74, 6) is 1.84. The van der Waals surface area contributed by atoms with Crippen molar-refractivity contribution < 1.29 is 19.0 Å². The van der Waals surface area contributed by atoms with E-state index in [2.05, 4.69) is 5.32 Å². The average molecular weight is 416 g/mol. The van der Waals surface area contributed by atoms with Gasteiger partial charge in [0, 0.05) is 17.6 Å². The lowest BCUT2D eigenvalue weighted by molar-refractivity contribution is -0.116. The van der Waals surface area contributed by atoms with E-state index < -0.39 is 0 Å². The Bertz CT molecular complexity index is 1180. The summed E-state index contributed by atoms with van der Waals surface area (Å²) in [4.78, 5) is 12.7. The second-order valence-corrected chi connectivity index (χ2v) is 7.02. The number of aromatic nitrogens is 1. The lowest BCUT2D eigenvalue weighted by Gasteiger charge is -2.12. The molecule has 0 fully saturated rings. The number of anilines is 1. The van der Waals surface area contributed by atoms with Gasteiger partial charge in [0.25, 0.3) is 0 Å². The van der Waals surface area contributed by atoms with Gasteiger partial charge >= 0.3 is 0 Å². The molecule has 3 aromatic carbocycles. The number of methoxy groups -OCH3 is 2.